The lowest BCUT2D eigenvalue weighted by Crippen LogP contribution is -2.51. The van der Waals surface area contributed by atoms with Gasteiger partial charge in [-0.15, -0.1) is 0 Å². The fraction of sp³-hybridized carbons (Fsp3) is 0.538. The minimum absolute atomic E-state index is 0.0578. The summed E-state index contributed by atoms with van der Waals surface area (Å²) in [4.78, 5) is 15.1. The average Bonchev–Trinajstić information content (AvgIpc) is 2.47. The van der Waals surface area contributed by atoms with Gasteiger partial charge < -0.3 is 10.3 Å². The second-order valence-electron chi connectivity index (χ2n) is 5.13. The molecule has 0 amide bonds. The van der Waals surface area contributed by atoms with Crippen LogP contribution in [0.2, 0.25) is 0 Å². The minimum atomic E-state index is -0.391. The van der Waals surface area contributed by atoms with Gasteiger partial charge in [0.2, 0.25) is 0 Å². The van der Waals surface area contributed by atoms with E-state index in [4.69, 9.17) is 5.84 Å². The maximum atomic E-state index is 11.0. The molecule has 110 valence electrons. The Balaban J connectivity index is 2.27. The van der Waals surface area contributed by atoms with Crippen molar-refractivity contribution >= 4 is 17.1 Å². The Morgan fingerprint density at radius 3 is 2.80 bits per heavy atom. The van der Waals surface area contributed by atoms with E-state index in [9.17, 15) is 10.1 Å². The van der Waals surface area contributed by atoms with E-state index in [1.165, 1.54) is 6.07 Å². The van der Waals surface area contributed by atoms with E-state index in [-0.39, 0.29) is 5.69 Å². The highest BCUT2D eigenvalue weighted by Gasteiger charge is 2.24. The van der Waals surface area contributed by atoms with Crippen LogP contribution in [0.5, 0.6) is 0 Å². The van der Waals surface area contributed by atoms with E-state index in [2.05, 4.69) is 29.2 Å². The molecular weight excluding hydrogens is 258 g/mol. The first-order valence-corrected chi connectivity index (χ1v) is 6.76. The highest BCUT2D eigenvalue weighted by Crippen LogP contribution is 2.28. The minimum Gasteiger partial charge on any atom is -0.368 e. The van der Waals surface area contributed by atoms with Crippen molar-refractivity contribution in [1.82, 2.24) is 4.90 Å². The van der Waals surface area contributed by atoms with Gasteiger partial charge >= 0.3 is 0 Å². The van der Waals surface area contributed by atoms with Crippen molar-refractivity contribution in [2.45, 2.75) is 19.4 Å². The van der Waals surface area contributed by atoms with Crippen LogP contribution in [0.25, 0.3) is 0 Å². The number of hydrogen-bond donors (Lipinski definition) is 2. The van der Waals surface area contributed by atoms with Crippen LogP contribution in [0.3, 0.4) is 0 Å². The van der Waals surface area contributed by atoms with Crippen LogP contribution in [0, 0.1) is 10.1 Å². The van der Waals surface area contributed by atoms with Gasteiger partial charge in [-0.1, -0.05) is 6.92 Å². The first-order valence-electron chi connectivity index (χ1n) is 6.76. The van der Waals surface area contributed by atoms with Crippen molar-refractivity contribution in [2.24, 2.45) is 5.84 Å². The van der Waals surface area contributed by atoms with E-state index in [1.807, 2.05) is 6.07 Å². The number of nitrogens with two attached hydrogens (primary N) is 1. The number of nitrogen functional groups attached to an aromatic ring is 1. The molecule has 3 N–H and O–H groups in total. The number of benzene rings is 1. The smallest absolute Gasteiger partial charge is 0.273 e. The lowest BCUT2D eigenvalue weighted by Gasteiger charge is -2.40. The monoisotopic (exact) mass is 279 g/mol. The number of piperazine rings is 1. The van der Waals surface area contributed by atoms with Gasteiger partial charge in [0.1, 0.15) is 0 Å². The Morgan fingerprint density at radius 1 is 1.45 bits per heavy atom. The predicted octanol–water partition coefficient (Wildman–Crippen LogP) is 1.41. The number of hydrazine groups is 1. The largest absolute Gasteiger partial charge is 0.368 e. The zero-order chi connectivity index (χ0) is 14.7. The molecule has 0 radical (unpaired) electrons. The van der Waals surface area contributed by atoms with Crippen molar-refractivity contribution < 1.29 is 4.92 Å². The fourth-order valence-corrected chi connectivity index (χ4v) is 2.59. The summed E-state index contributed by atoms with van der Waals surface area (Å²) in [6.07, 6.45) is 1.06. The number of rotatable bonds is 4. The summed E-state index contributed by atoms with van der Waals surface area (Å²) in [7, 11) is 2.12. The third-order valence-corrected chi connectivity index (χ3v) is 3.89. The van der Waals surface area contributed by atoms with Crippen LogP contribution in [-0.2, 0) is 0 Å². The van der Waals surface area contributed by atoms with Crippen molar-refractivity contribution in [3.63, 3.8) is 0 Å². The Bertz CT molecular complexity index is 494. The van der Waals surface area contributed by atoms with Crippen molar-refractivity contribution in [1.29, 1.82) is 0 Å². The number of nitrogens with one attached hydrogen (secondary N) is 1. The Labute approximate surface area is 118 Å². The first kappa shape index (κ1) is 14.5. The van der Waals surface area contributed by atoms with Gasteiger partial charge in [-0.3, -0.25) is 20.9 Å². The maximum Gasteiger partial charge on any atom is 0.273 e. The van der Waals surface area contributed by atoms with Gasteiger partial charge in [-0.05, 0) is 19.5 Å². The van der Waals surface area contributed by atoms with E-state index in [1.54, 1.807) is 6.07 Å². The Morgan fingerprint density at radius 2 is 2.20 bits per heavy atom. The van der Waals surface area contributed by atoms with Gasteiger partial charge in [-0.25, -0.2) is 0 Å². The zero-order valence-corrected chi connectivity index (χ0v) is 11.9. The summed E-state index contributed by atoms with van der Waals surface area (Å²) in [6, 6.07) is 5.37. The molecule has 0 aromatic heterocycles. The standard InChI is InChI=1S/C13H21N5O2/c1-3-11-9-17(5-4-16(11)2)12-6-10(15-14)7-13(8-12)18(19)20/h6-8,11,15H,3-5,9,14H2,1-2H3. The fourth-order valence-electron chi connectivity index (χ4n) is 2.59. The van der Waals surface area contributed by atoms with Crippen LogP contribution in [0.1, 0.15) is 13.3 Å². The molecule has 1 unspecified atom stereocenters. The second kappa shape index (κ2) is 6.06. The highest BCUT2D eigenvalue weighted by molar-refractivity contribution is 5.64. The van der Waals surface area contributed by atoms with Gasteiger partial charge in [0.05, 0.1) is 10.6 Å². The van der Waals surface area contributed by atoms with E-state index in [0.29, 0.717) is 11.7 Å². The molecule has 1 aliphatic rings. The summed E-state index contributed by atoms with van der Waals surface area (Å²) in [5.74, 6) is 5.39. The molecule has 0 aliphatic carbocycles. The maximum absolute atomic E-state index is 11.0. The predicted molar refractivity (Wildman–Crippen MR) is 79.8 cm³/mol. The molecule has 1 saturated heterocycles. The third kappa shape index (κ3) is 3.00. The lowest BCUT2D eigenvalue weighted by molar-refractivity contribution is -0.384. The van der Waals surface area contributed by atoms with E-state index >= 15 is 0 Å². The van der Waals surface area contributed by atoms with Gasteiger partial charge in [-0.2, -0.15) is 0 Å². The Kier molecular flexibility index (Phi) is 4.41. The highest BCUT2D eigenvalue weighted by atomic mass is 16.6. The van der Waals surface area contributed by atoms with Gasteiger partial charge in [0.25, 0.3) is 5.69 Å². The number of likely N-dealkylation sites (N-methyl/N-ethyl adjacent to an activating group) is 1. The van der Waals surface area contributed by atoms with Crippen LogP contribution >= 0.6 is 0 Å². The van der Waals surface area contributed by atoms with Gasteiger partial charge in [0.15, 0.2) is 0 Å². The molecule has 1 fully saturated rings. The topological polar surface area (TPSA) is 87.7 Å². The number of anilines is 2. The number of hydrogen-bond acceptors (Lipinski definition) is 6. The average molecular weight is 279 g/mol. The molecular formula is C13H21N5O2. The Hall–Kier alpha value is -1.86. The number of nitro groups is 1. The molecule has 20 heavy (non-hydrogen) atoms. The molecule has 2 rings (SSSR count). The van der Waals surface area contributed by atoms with Gasteiger partial charge in [0, 0.05) is 43.5 Å². The quantitative estimate of drug-likeness (QED) is 0.492. The summed E-state index contributed by atoms with van der Waals surface area (Å²) in [5.41, 5.74) is 3.95. The molecule has 7 nitrogen and oxygen atoms in total. The third-order valence-electron chi connectivity index (χ3n) is 3.89. The number of nitro benzene ring substituents is 1. The van der Waals surface area contributed by atoms with Crippen molar-refractivity contribution in [3.05, 3.63) is 28.3 Å². The molecule has 0 spiro atoms. The zero-order valence-electron chi connectivity index (χ0n) is 11.9. The molecule has 1 aromatic rings. The molecule has 7 heteroatoms. The summed E-state index contributed by atoms with van der Waals surface area (Å²) in [5, 5.41) is 11.0. The van der Waals surface area contributed by atoms with Crippen molar-refractivity contribution in [3.8, 4) is 0 Å². The summed E-state index contributed by atoms with van der Waals surface area (Å²) < 4.78 is 0. The van der Waals surface area contributed by atoms with Crippen LogP contribution in [0.15, 0.2) is 18.2 Å². The lowest BCUT2D eigenvalue weighted by atomic mass is 10.1. The number of nitrogens with zero attached hydrogens (tertiary/aromatic N) is 3. The van der Waals surface area contributed by atoms with Crippen LogP contribution < -0.4 is 16.2 Å². The molecule has 0 saturated carbocycles. The van der Waals surface area contributed by atoms with Crippen LogP contribution in [0.4, 0.5) is 17.1 Å². The van der Waals surface area contributed by atoms with E-state index < -0.39 is 4.92 Å². The molecule has 1 aliphatic heterocycles. The first-order chi connectivity index (χ1) is 9.55. The van der Waals surface area contributed by atoms with Crippen molar-refractivity contribution in [2.75, 3.05) is 37.0 Å². The molecule has 0 bridgehead atoms. The normalized spacial score (nSPS) is 19.9. The molecule has 1 atom stereocenters. The second-order valence-corrected chi connectivity index (χ2v) is 5.13. The molecule has 1 aromatic carbocycles. The van der Waals surface area contributed by atoms with E-state index in [0.717, 1.165) is 31.7 Å². The van der Waals surface area contributed by atoms with Crippen LogP contribution in [-0.4, -0.2) is 42.5 Å². The number of non-ortho nitro benzene ring substituents is 1. The summed E-state index contributed by atoms with van der Waals surface area (Å²) in [6.45, 7) is 4.84. The molecule has 1 heterocycles. The SMILES string of the molecule is CCC1CN(c2cc(NN)cc([N+](=O)[O-])c2)CCN1C. The summed E-state index contributed by atoms with van der Waals surface area (Å²) >= 11 is 0.